The number of thioether (sulfide) groups is 1. The molecule has 29 heavy (non-hydrogen) atoms. The van der Waals surface area contributed by atoms with Crippen molar-refractivity contribution in [3.8, 4) is 0 Å². The maximum atomic E-state index is 13.2. The topological polar surface area (TPSA) is 64.4 Å². The van der Waals surface area contributed by atoms with E-state index in [-0.39, 0.29) is 17.2 Å². The number of benzene rings is 2. The number of amides is 1. The average molecular weight is 430 g/mol. The Balaban J connectivity index is 1.66. The third-order valence-corrected chi connectivity index (χ3v) is 6.13. The van der Waals surface area contributed by atoms with E-state index in [1.807, 2.05) is 36.4 Å². The zero-order chi connectivity index (χ0) is 20.2. The Labute approximate surface area is 177 Å². The van der Waals surface area contributed by atoms with Gasteiger partial charge in [-0.05, 0) is 23.8 Å². The van der Waals surface area contributed by atoms with E-state index in [4.69, 9.17) is 16.3 Å². The van der Waals surface area contributed by atoms with Gasteiger partial charge in [-0.15, -0.1) is 0 Å². The quantitative estimate of drug-likeness (QED) is 0.460. The molecule has 150 valence electrons. The third-order valence-electron chi connectivity index (χ3n) is 4.80. The molecule has 0 atom stereocenters. The normalized spacial score (nSPS) is 14.3. The Morgan fingerprint density at radius 1 is 1.10 bits per heavy atom. The Morgan fingerprint density at radius 2 is 1.83 bits per heavy atom. The number of para-hydroxylation sites is 1. The first kappa shape index (κ1) is 19.9. The number of carbonyl (C=O) groups excluding carboxylic acids is 1. The minimum atomic E-state index is -0.142. The van der Waals surface area contributed by atoms with Crippen molar-refractivity contribution >= 4 is 40.2 Å². The number of nitrogens with zero attached hydrogens (tertiary/aromatic N) is 3. The molecule has 0 aliphatic carbocycles. The molecule has 0 bridgehead atoms. The zero-order valence-electron chi connectivity index (χ0n) is 15.7. The van der Waals surface area contributed by atoms with Crippen LogP contribution in [0.25, 0.3) is 10.9 Å². The second-order valence-corrected chi connectivity index (χ2v) is 8.03. The van der Waals surface area contributed by atoms with Crippen LogP contribution in [-0.2, 0) is 16.1 Å². The Kier molecular flexibility index (Phi) is 6.18. The summed E-state index contributed by atoms with van der Waals surface area (Å²) in [5, 5.41) is 1.64. The molecule has 4 rings (SSSR count). The van der Waals surface area contributed by atoms with Crippen LogP contribution < -0.4 is 5.56 Å². The van der Waals surface area contributed by atoms with E-state index in [1.165, 1.54) is 11.8 Å². The maximum Gasteiger partial charge on any atom is 0.262 e. The van der Waals surface area contributed by atoms with Crippen LogP contribution in [0.4, 0.5) is 0 Å². The van der Waals surface area contributed by atoms with Gasteiger partial charge in [-0.2, -0.15) is 0 Å². The molecule has 0 radical (unpaired) electrons. The lowest BCUT2D eigenvalue weighted by molar-refractivity contribution is -0.132. The lowest BCUT2D eigenvalue weighted by Gasteiger charge is -2.26. The third kappa shape index (κ3) is 4.47. The number of carbonyl (C=O) groups is 1. The fraction of sp³-hybridized carbons (Fsp3) is 0.286. The Hall–Kier alpha value is -2.35. The summed E-state index contributed by atoms with van der Waals surface area (Å²) >= 11 is 7.59. The Bertz CT molecular complexity index is 1100. The van der Waals surface area contributed by atoms with Gasteiger partial charge in [0.25, 0.3) is 5.56 Å². The first-order chi connectivity index (χ1) is 14.1. The van der Waals surface area contributed by atoms with Crippen molar-refractivity contribution < 1.29 is 9.53 Å². The van der Waals surface area contributed by atoms with Crippen molar-refractivity contribution in [2.45, 2.75) is 11.7 Å². The second kappa shape index (κ2) is 8.98. The minimum absolute atomic E-state index is 0.0185. The lowest BCUT2D eigenvalue weighted by Crippen LogP contribution is -2.41. The first-order valence-electron chi connectivity index (χ1n) is 9.35. The van der Waals surface area contributed by atoms with Crippen molar-refractivity contribution in [2.75, 3.05) is 32.1 Å². The molecule has 0 N–H and O–H groups in total. The van der Waals surface area contributed by atoms with E-state index in [2.05, 4.69) is 4.98 Å². The summed E-state index contributed by atoms with van der Waals surface area (Å²) in [4.78, 5) is 32.2. The average Bonchev–Trinajstić information content (AvgIpc) is 2.76. The van der Waals surface area contributed by atoms with Crippen LogP contribution in [-0.4, -0.2) is 52.4 Å². The molecule has 1 aromatic heterocycles. The monoisotopic (exact) mass is 429 g/mol. The fourth-order valence-corrected chi connectivity index (χ4v) is 4.32. The smallest absolute Gasteiger partial charge is 0.262 e. The molecule has 3 aromatic rings. The summed E-state index contributed by atoms with van der Waals surface area (Å²) < 4.78 is 6.90. The highest BCUT2D eigenvalue weighted by molar-refractivity contribution is 7.99. The second-order valence-electron chi connectivity index (χ2n) is 6.68. The summed E-state index contributed by atoms with van der Waals surface area (Å²) in [6, 6.07) is 14.7. The fourth-order valence-electron chi connectivity index (χ4n) is 3.22. The number of fused-ring (bicyclic) bond motifs is 1. The summed E-state index contributed by atoms with van der Waals surface area (Å²) in [5.41, 5.74) is 1.31. The highest BCUT2D eigenvalue weighted by Crippen LogP contribution is 2.22. The van der Waals surface area contributed by atoms with Gasteiger partial charge in [0, 0.05) is 18.1 Å². The molecule has 1 fully saturated rings. The molecule has 8 heteroatoms. The summed E-state index contributed by atoms with van der Waals surface area (Å²) in [5.74, 6) is 0.234. The van der Waals surface area contributed by atoms with E-state index in [0.717, 1.165) is 5.56 Å². The minimum Gasteiger partial charge on any atom is -0.378 e. The van der Waals surface area contributed by atoms with Crippen molar-refractivity contribution in [3.63, 3.8) is 0 Å². The molecule has 0 unspecified atom stereocenters. The van der Waals surface area contributed by atoms with Gasteiger partial charge in [0.2, 0.25) is 5.91 Å². The highest BCUT2D eigenvalue weighted by Gasteiger charge is 2.19. The number of aromatic nitrogens is 2. The van der Waals surface area contributed by atoms with Gasteiger partial charge in [0.05, 0.1) is 36.4 Å². The van der Waals surface area contributed by atoms with E-state index in [1.54, 1.807) is 21.6 Å². The van der Waals surface area contributed by atoms with E-state index in [9.17, 15) is 9.59 Å². The van der Waals surface area contributed by atoms with Crippen molar-refractivity contribution in [3.05, 3.63) is 69.5 Å². The van der Waals surface area contributed by atoms with Crippen molar-refractivity contribution in [2.24, 2.45) is 0 Å². The number of ether oxygens (including phenoxy) is 1. The van der Waals surface area contributed by atoms with Crippen LogP contribution in [0.1, 0.15) is 5.56 Å². The standard InChI is InChI=1S/C21H20ClN3O3S/c22-17-7-3-1-5-15(17)13-25-20(27)16-6-2-4-8-18(16)23-21(25)29-14-19(26)24-9-11-28-12-10-24/h1-8H,9-14H2. The van der Waals surface area contributed by atoms with Gasteiger partial charge < -0.3 is 9.64 Å². The molecule has 0 saturated carbocycles. The molecule has 1 amide bonds. The molecule has 1 aliphatic rings. The summed E-state index contributed by atoms with van der Waals surface area (Å²) in [6.07, 6.45) is 0. The van der Waals surface area contributed by atoms with E-state index in [0.29, 0.717) is 53.9 Å². The molecule has 2 aromatic carbocycles. The lowest BCUT2D eigenvalue weighted by atomic mass is 10.2. The van der Waals surface area contributed by atoms with Crippen molar-refractivity contribution in [1.29, 1.82) is 0 Å². The van der Waals surface area contributed by atoms with Crippen LogP contribution in [0.5, 0.6) is 0 Å². The number of rotatable bonds is 5. The molecular weight excluding hydrogens is 410 g/mol. The van der Waals surface area contributed by atoms with E-state index < -0.39 is 0 Å². The van der Waals surface area contributed by atoms with Crippen molar-refractivity contribution in [1.82, 2.24) is 14.5 Å². The molecule has 1 saturated heterocycles. The number of halogens is 1. The van der Waals surface area contributed by atoms with E-state index >= 15 is 0 Å². The van der Waals surface area contributed by atoms with Crippen LogP contribution in [0, 0.1) is 0 Å². The van der Waals surface area contributed by atoms with Gasteiger partial charge in [0.1, 0.15) is 0 Å². The predicted octanol–water partition coefficient (Wildman–Crippen LogP) is 3.05. The van der Waals surface area contributed by atoms with Crippen LogP contribution in [0.15, 0.2) is 58.5 Å². The highest BCUT2D eigenvalue weighted by atomic mass is 35.5. The Morgan fingerprint density at radius 3 is 2.62 bits per heavy atom. The van der Waals surface area contributed by atoms with Crippen LogP contribution in [0.2, 0.25) is 5.02 Å². The first-order valence-corrected chi connectivity index (χ1v) is 10.7. The molecule has 0 spiro atoms. The van der Waals surface area contributed by atoms with Gasteiger partial charge in [-0.1, -0.05) is 53.7 Å². The molecular formula is C21H20ClN3O3S. The summed E-state index contributed by atoms with van der Waals surface area (Å²) in [6.45, 7) is 2.60. The molecule has 2 heterocycles. The number of hydrogen-bond donors (Lipinski definition) is 0. The molecule has 1 aliphatic heterocycles. The largest absolute Gasteiger partial charge is 0.378 e. The van der Waals surface area contributed by atoms with Crippen LogP contribution in [0.3, 0.4) is 0 Å². The van der Waals surface area contributed by atoms with Gasteiger partial charge in [0.15, 0.2) is 5.16 Å². The SMILES string of the molecule is O=C(CSc1nc2ccccc2c(=O)n1Cc1ccccc1Cl)N1CCOCC1. The number of morpholine rings is 1. The maximum absolute atomic E-state index is 13.2. The van der Waals surface area contributed by atoms with Gasteiger partial charge in [-0.25, -0.2) is 4.98 Å². The molecule has 6 nitrogen and oxygen atoms in total. The predicted molar refractivity (Wildman–Crippen MR) is 115 cm³/mol. The zero-order valence-corrected chi connectivity index (χ0v) is 17.3. The van der Waals surface area contributed by atoms with Crippen LogP contribution >= 0.6 is 23.4 Å². The summed E-state index contributed by atoms with van der Waals surface area (Å²) in [7, 11) is 0. The van der Waals surface area contributed by atoms with Gasteiger partial charge >= 0.3 is 0 Å². The van der Waals surface area contributed by atoms with Gasteiger partial charge in [-0.3, -0.25) is 14.2 Å². The number of hydrogen-bond acceptors (Lipinski definition) is 5.